The third-order valence-corrected chi connectivity index (χ3v) is 10.2. The second-order valence-corrected chi connectivity index (χ2v) is 12.4. The maximum atomic E-state index is 14.0. The Morgan fingerprint density at radius 3 is 1.51 bits per heavy atom. The highest BCUT2D eigenvalue weighted by Crippen LogP contribution is 2.36. The Morgan fingerprint density at radius 2 is 1.03 bits per heavy atom. The third kappa shape index (κ3) is 4.16. The second-order valence-electron chi connectivity index (χ2n) is 8.16. The number of hydrogen-bond acceptors (Lipinski definition) is 4. The smallest absolute Gasteiger partial charge is 0.200 e. The van der Waals surface area contributed by atoms with Crippen LogP contribution in [-0.2, 0) is 20.0 Å². The predicted octanol–water partition coefficient (Wildman–Crippen LogP) is 6.54. The number of aryl methyl sites for hydroxylation is 1. The monoisotopic (exact) mass is 521 g/mol. The van der Waals surface area contributed by atoms with Crippen LogP contribution in [0.2, 0.25) is 5.02 Å². The van der Waals surface area contributed by atoms with Crippen molar-refractivity contribution >= 4 is 58.9 Å². The average Bonchev–Trinajstić information content (AvgIpc) is 2.85. The first-order valence-corrected chi connectivity index (χ1v) is 14.0. The molecule has 8 heteroatoms. The summed E-state index contributed by atoms with van der Waals surface area (Å²) in [7, 11) is -9.11. The van der Waals surface area contributed by atoms with Crippen LogP contribution in [0.3, 0.4) is 0 Å². The van der Waals surface area contributed by atoms with Gasteiger partial charge in [-0.1, -0.05) is 78.3 Å². The first-order chi connectivity index (χ1) is 16.7. The fourth-order valence-corrected chi connectivity index (χ4v) is 8.06. The van der Waals surface area contributed by atoms with Gasteiger partial charge in [0.2, 0.25) is 0 Å². The van der Waals surface area contributed by atoms with Gasteiger partial charge in [-0.2, -0.15) is 3.71 Å². The van der Waals surface area contributed by atoms with Crippen molar-refractivity contribution in [3.8, 4) is 0 Å². The summed E-state index contributed by atoms with van der Waals surface area (Å²) in [6, 6.07) is 28.2. The fraction of sp³-hybridized carbons (Fsp3) is 0.0370. The van der Waals surface area contributed by atoms with Gasteiger partial charge in [0.15, 0.2) is 0 Å². The lowest BCUT2D eigenvalue weighted by Gasteiger charge is -2.26. The SMILES string of the molecule is Cc1ccc(Cl)cc1N(S(=O)(=O)c1ccc2ccccc2c1)S(=O)(=O)c1ccc2ccccc2c1. The van der Waals surface area contributed by atoms with Gasteiger partial charge in [0.1, 0.15) is 0 Å². The van der Waals surface area contributed by atoms with Gasteiger partial charge in [0.25, 0.3) is 20.0 Å². The van der Waals surface area contributed by atoms with E-state index in [1.807, 2.05) is 24.3 Å². The quantitative estimate of drug-likeness (QED) is 0.263. The molecule has 0 amide bonds. The summed E-state index contributed by atoms with van der Waals surface area (Å²) < 4.78 is 56.6. The van der Waals surface area contributed by atoms with Gasteiger partial charge < -0.3 is 0 Å². The Morgan fingerprint density at radius 1 is 0.571 bits per heavy atom. The summed E-state index contributed by atoms with van der Waals surface area (Å²) in [5, 5.41) is 3.26. The molecule has 0 N–H and O–H groups in total. The molecule has 35 heavy (non-hydrogen) atoms. The molecule has 5 nitrogen and oxygen atoms in total. The van der Waals surface area contributed by atoms with E-state index in [-0.39, 0.29) is 20.5 Å². The highest BCUT2D eigenvalue weighted by atomic mass is 35.5. The summed E-state index contributed by atoms with van der Waals surface area (Å²) in [5.74, 6) is 0. The van der Waals surface area contributed by atoms with Gasteiger partial charge in [-0.25, -0.2) is 16.8 Å². The summed E-state index contributed by atoms with van der Waals surface area (Å²) in [5.41, 5.74) is 0.418. The molecule has 0 spiro atoms. The topological polar surface area (TPSA) is 71.5 Å². The standard InChI is InChI=1S/C27H20ClNO4S2/c1-19-10-13-24(28)18-27(19)29(34(30,31)25-14-11-20-6-2-4-8-22(20)16-25)35(32,33)26-15-12-21-7-3-5-9-23(21)17-26/h2-18H,1H3. The molecule has 176 valence electrons. The van der Waals surface area contributed by atoms with Crippen LogP contribution in [0.15, 0.2) is 113 Å². The van der Waals surface area contributed by atoms with Gasteiger partial charge in [0, 0.05) is 5.02 Å². The van der Waals surface area contributed by atoms with Crippen molar-refractivity contribution in [2.45, 2.75) is 16.7 Å². The molecule has 0 aliphatic carbocycles. The number of nitrogens with zero attached hydrogens (tertiary/aromatic N) is 1. The Kier molecular flexibility index (Phi) is 5.79. The largest absolute Gasteiger partial charge is 0.277 e. The number of hydrogen-bond donors (Lipinski definition) is 0. The molecule has 5 aromatic carbocycles. The molecule has 0 aliphatic rings. The summed E-state index contributed by atoms with van der Waals surface area (Å²) in [4.78, 5) is -0.278. The lowest BCUT2D eigenvalue weighted by molar-refractivity contribution is 0.584. The molecule has 5 rings (SSSR count). The van der Waals surface area contributed by atoms with Crippen LogP contribution in [0.5, 0.6) is 0 Å². The number of anilines is 1. The molecular weight excluding hydrogens is 502 g/mol. The first kappa shape index (κ1) is 23.4. The van der Waals surface area contributed by atoms with E-state index in [0.717, 1.165) is 10.8 Å². The molecule has 0 fully saturated rings. The molecule has 0 unspecified atom stereocenters. The van der Waals surface area contributed by atoms with Crippen LogP contribution < -0.4 is 3.71 Å². The highest BCUT2D eigenvalue weighted by molar-refractivity contribution is 8.10. The van der Waals surface area contributed by atoms with Crippen molar-refractivity contribution in [3.05, 3.63) is 114 Å². The van der Waals surface area contributed by atoms with E-state index in [1.165, 1.54) is 30.3 Å². The molecule has 0 aromatic heterocycles. The highest BCUT2D eigenvalue weighted by Gasteiger charge is 2.38. The van der Waals surface area contributed by atoms with Crippen LogP contribution in [0.25, 0.3) is 21.5 Å². The Labute approximate surface area is 209 Å². The molecule has 0 saturated carbocycles. The molecule has 0 bridgehead atoms. The van der Waals surface area contributed by atoms with Crippen molar-refractivity contribution in [1.82, 2.24) is 0 Å². The average molecular weight is 522 g/mol. The van der Waals surface area contributed by atoms with Crippen molar-refractivity contribution in [3.63, 3.8) is 0 Å². The number of fused-ring (bicyclic) bond motifs is 2. The van der Waals surface area contributed by atoms with Crippen LogP contribution in [-0.4, -0.2) is 16.8 Å². The fourth-order valence-electron chi connectivity index (χ4n) is 4.01. The Balaban J connectivity index is 1.77. The number of sulfonamides is 2. The van der Waals surface area contributed by atoms with Crippen LogP contribution in [0.4, 0.5) is 5.69 Å². The zero-order chi connectivity index (χ0) is 24.8. The normalized spacial score (nSPS) is 12.2. The molecule has 0 saturated heterocycles. The van der Waals surface area contributed by atoms with Crippen molar-refractivity contribution in [2.75, 3.05) is 3.71 Å². The lowest BCUT2D eigenvalue weighted by Crippen LogP contribution is -2.37. The van der Waals surface area contributed by atoms with Crippen molar-refractivity contribution in [2.24, 2.45) is 0 Å². The molecule has 0 radical (unpaired) electrons. The van der Waals surface area contributed by atoms with Crippen molar-refractivity contribution < 1.29 is 16.8 Å². The minimum Gasteiger partial charge on any atom is -0.200 e. The van der Waals surface area contributed by atoms with E-state index in [4.69, 9.17) is 11.6 Å². The van der Waals surface area contributed by atoms with Gasteiger partial charge in [0.05, 0.1) is 15.5 Å². The summed E-state index contributed by atoms with van der Waals surface area (Å²) >= 11 is 6.19. The van der Waals surface area contributed by atoms with Gasteiger partial charge in [-0.3, -0.25) is 0 Å². The number of benzene rings is 5. The van der Waals surface area contributed by atoms with E-state index in [1.54, 1.807) is 55.5 Å². The Hall–Kier alpha value is -3.39. The van der Waals surface area contributed by atoms with E-state index < -0.39 is 20.0 Å². The number of rotatable bonds is 5. The summed E-state index contributed by atoms with van der Waals surface area (Å²) in [6.45, 7) is 1.64. The van der Waals surface area contributed by atoms with Gasteiger partial charge in [-0.05, 0) is 70.4 Å². The minimum atomic E-state index is -4.56. The van der Waals surface area contributed by atoms with E-state index in [0.29, 0.717) is 20.0 Å². The zero-order valence-corrected chi connectivity index (χ0v) is 21.0. The van der Waals surface area contributed by atoms with Gasteiger partial charge in [-0.15, -0.1) is 0 Å². The maximum Gasteiger partial charge on any atom is 0.277 e. The molecular formula is C27H20ClNO4S2. The number of halogens is 1. The van der Waals surface area contributed by atoms with E-state index in [2.05, 4.69) is 0 Å². The van der Waals surface area contributed by atoms with Crippen LogP contribution in [0.1, 0.15) is 5.56 Å². The van der Waals surface area contributed by atoms with Crippen LogP contribution in [0, 0.1) is 6.92 Å². The zero-order valence-electron chi connectivity index (χ0n) is 18.6. The first-order valence-electron chi connectivity index (χ1n) is 10.7. The van der Waals surface area contributed by atoms with Gasteiger partial charge >= 0.3 is 0 Å². The predicted molar refractivity (Wildman–Crippen MR) is 141 cm³/mol. The molecule has 0 heterocycles. The maximum absolute atomic E-state index is 14.0. The van der Waals surface area contributed by atoms with Crippen LogP contribution >= 0.6 is 11.6 Å². The third-order valence-electron chi connectivity index (χ3n) is 5.84. The summed E-state index contributed by atoms with van der Waals surface area (Å²) in [6.07, 6.45) is 0. The minimum absolute atomic E-state index is 0.0289. The van der Waals surface area contributed by atoms with E-state index in [9.17, 15) is 16.8 Å². The van der Waals surface area contributed by atoms with E-state index >= 15 is 0 Å². The van der Waals surface area contributed by atoms with Crippen molar-refractivity contribution in [1.29, 1.82) is 0 Å². The second kappa shape index (κ2) is 8.68. The lowest BCUT2D eigenvalue weighted by atomic mass is 10.1. The molecule has 0 aliphatic heterocycles. The molecule has 0 atom stereocenters. The molecule has 5 aromatic rings. The Bertz CT molecular complexity index is 1710.